The summed E-state index contributed by atoms with van der Waals surface area (Å²) in [6, 6.07) is 8.05. The molecular weight excluding hydrogens is 238 g/mol. The second kappa shape index (κ2) is 6.02. The third kappa shape index (κ3) is 3.04. The number of fused-ring (bicyclic) bond motifs is 1. The molecule has 0 saturated carbocycles. The Kier molecular flexibility index (Phi) is 4.38. The quantitative estimate of drug-likeness (QED) is 0.741. The van der Waals surface area contributed by atoms with Gasteiger partial charge in [-0.2, -0.15) is 0 Å². The molecule has 0 radical (unpaired) electrons. The van der Waals surface area contributed by atoms with Crippen LogP contribution in [0, 0.1) is 0 Å². The van der Waals surface area contributed by atoms with E-state index >= 15 is 0 Å². The fourth-order valence-corrected chi connectivity index (χ4v) is 2.27. The van der Waals surface area contributed by atoms with Crippen LogP contribution in [-0.2, 0) is 0 Å². The molecule has 0 amide bonds. The van der Waals surface area contributed by atoms with Crippen molar-refractivity contribution in [3.05, 3.63) is 36.1 Å². The number of furan rings is 1. The highest BCUT2D eigenvalue weighted by Gasteiger charge is 2.18. The molecule has 0 saturated heterocycles. The predicted molar refractivity (Wildman–Crippen MR) is 77.5 cm³/mol. The van der Waals surface area contributed by atoms with Crippen LogP contribution in [0.25, 0.3) is 11.0 Å². The predicted octanol–water partition coefficient (Wildman–Crippen LogP) is 3.74. The second-order valence-corrected chi connectivity index (χ2v) is 5.13. The summed E-state index contributed by atoms with van der Waals surface area (Å²) >= 11 is 0. The lowest BCUT2D eigenvalue weighted by Gasteiger charge is -2.24. The Morgan fingerprint density at radius 3 is 2.74 bits per heavy atom. The maximum absolute atomic E-state index is 12.4. The molecule has 0 spiro atoms. The van der Waals surface area contributed by atoms with E-state index in [-0.39, 0.29) is 5.78 Å². The summed E-state index contributed by atoms with van der Waals surface area (Å²) in [6.07, 6.45) is 2.63. The van der Waals surface area contributed by atoms with Gasteiger partial charge < -0.3 is 4.42 Å². The summed E-state index contributed by atoms with van der Waals surface area (Å²) in [5.74, 6) is 0.132. The van der Waals surface area contributed by atoms with E-state index in [1.807, 2.05) is 24.3 Å². The first-order chi connectivity index (χ1) is 9.13. The van der Waals surface area contributed by atoms with Crippen molar-refractivity contribution in [2.75, 3.05) is 13.1 Å². The highest BCUT2D eigenvalue weighted by atomic mass is 16.3. The van der Waals surface area contributed by atoms with Gasteiger partial charge in [0.25, 0.3) is 0 Å². The lowest BCUT2D eigenvalue weighted by atomic mass is 10.1. The molecule has 0 aliphatic rings. The van der Waals surface area contributed by atoms with Gasteiger partial charge in [-0.1, -0.05) is 25.1 Å². The average Bonchev–Trinajstić information content (AvgIpc) is 2.81. The molecule has 1 aromatic carbocycles. The van der Waals surface area contributed by atoms with Crippen LogP contribution in [0.1, 0.15) is 37.6 Å². The lowest BCUT2D eigenvalue weighted by molar-refractivity contribution is 0.0906. The molecule has 1 heterocycles. The highest BCUT2D eigenvalue weighted by molar-refractivity contribution is 6.08. The topological polar surface area (TPSA) is 33.5 Å². The molecule has 0 aliphatic heterocycles. The first-order valence-corrected chi connectivity index (χ1v) is 6.87. The molecule has 0 N–H and O–H groups in total. The summed E-state index contributed by atoms with van der Waals surface area (Å²) in [4.78, 5) is 14.6. The smallest absolute Gasteiger partial charge is 0.180 e. The normalized spacial score (nSPS) is 11.6. The molecule has 3 heteroatoms. The first-order valence-electron chi connectivity index (χ1n) is 6.87. The number of hydrogen-bond acceptors (Lipinski definition) is 3. The Morgan fingerprint density at radius 1 is 1.32 bits per heavy atom. The van der Waals surface area contributed by atoms with Crippen molar-refractivity contribution < 1.29 is 9.21 Å². The van der Waals surface area contributed by atoms with Gasteiger partial charge in [0.2, 0.25) is 0 Å². The Morgan fingerprint density at radius 2 is 2.05 bits per heavy atom. The van der Waals surface area contributed by atoms with E-state index in [1.54, 1.807) is 6.26 Å². The maximum atomic E-state index is 12.4. The van der Waals surface area contributed by atoms with E-state index in [2.05, 4.69) is 25.7 Å². The molecule has 0 fully saturated rings. The van der Waals surface area contributed by atoms with Crippen molar-refractivity contribution in [1.82, 2.24) is 4.90 Å². The minimum atomic E-state index is 0.132. The van der Waals surface area contributed by atoms with Crippen molar-refractivity contribution in [3.8, 4) is 0 Å². The van der Waals surface area contributed by atoms with Crippen molar-refractivity contribution in [2.24, 2.45) is 0 Å². The molecule has 0 aliphatic carbocycles. The molecule has 0 atom stereocenters. The zero-order valence-electron chi connectivity index (χ0n) is 11.8. The van der Waals surface area contributed by atoms with Gasteiger partial charge in [-0.15, -0.1) is 0 Å². The summed E-state index contributed by atoms with van der Waals surface area (Å²) in [5.41, 5.74) is 1.47. The number of nitrogens with zero attached hydrogens (tertiary/aromatic N) is 1. The van der Waals surface area contributed by atoms with Crippen LogP contribution in [0.15, 0.2) is 34.9 Å². The molecule has 19 heavy (non-hydrogen) atoms. The zero-order valence-corrected chi connectivity index (χ0v) is 11.8. The van der Waals surface area contributed by atoms with Crippen LogP contribution in [-0.4, -0.2) is 29.8 Å². The van der Waals surface area contributed by atoms with Crippen LogP contribution in [0.4, 0.5) is 0 Å². The van der Waals surface area contributed by atoms with E-state index in [1.165, 1.54) is 0 Å². The van der Waals surface area contributed by atoms with Gasteiger partial charge in [-0.3, -0.25) is 9.69 Å². The number of carbonyl (C=O) groups is 1. The maximum Gasteiger partial charge on any atom is 0.180 e. The van der Waals surface area contributed by atoms with E-state index in [4.69, 9.17) is 4.42 Å². The second-order valence-electron chi connectivity index (χ2n) is 5.13. The summed E-state index contributed by atoms with van der Waals surface area (Å²) < 4.78 is 5.43. The largest absolute Gasteiger partial charge is 0.464 e. The van der Waals surface area contributed by atoms with Gasteiger partial charge >= 0.3 is 0 Å². The van der Waals surface area contributed by atoms with Gasteiger partial charge in [-0.05, 0) is 32.9 Å². The van der Waals surface area contributed by atoms with Gasteiger partial charge in [0.1, 0.15) is 11.8 Å². The third-order valence-electron chi connectivity index (χ3n) is 3.37. The van der Waals surface area contributed by atoms with Crippen LogP contribution < -0.4 is 0 Å². The van der Waals surface area contributed by atoms with Crippen LogP contribution in [0.2, 0.25) is 0 Å². The van der Waals surface area contributed by atoms with E-state index in [0.29, 0.717) is 18.2 Å². The number of benzene rings is 1. The summed E-state index contributed by atoms with van der Waals surface area (Å²) in [6.45, 7) is 7.77. The number of rotatable bonds is 6. The van der Waals surface area contributed by atoms with E-state index < -0.39 is 0 Å². The fraction of sp³-hybridized carbons (Fsp3) is 0.438. The van der Waals surface area contributed by atoms with Crippen LogP contribution in [0.3, 0.4) is 0 Å². The number of hydrogen-bond donors (Lipinski definition) is 0. The summed E-state index contributed by atoms with van der Waals surface area (Å²) in [7, 11) is 0. The molecule has 1 aromatic heterocycles. The fourth-order valence-electron chi connectivity index (χ4n) is 2.27. The molecule has 0 unspecified atom stereocenters. The van der Waals surface area contributed by atoms with E-state index in [0.717, 1.165) is 23.9 Å². The minimum Gasteiger partial charge on any atom is -0.464 e. The Hall–Kier alpha value is -1.61. The number of ketones is 1. The monoisotopic (exact) mass is 259 g/mol. The molecular formula is C16H21NO2. The molecule has 0 bridgehead atoms. The Labute approximate surface area is 114 Å². The SMILES string of the molecule is CCCN(CC(=O)c1coc2ccccc12)C(C)C. The standard InChI is InChI=1S/C16H21NO2/c1-4-9-17(12(2)3)10-15(18)14-11-19-16-8-6-5-7-13(14)16/h5-8,11-12H,4,9-10H2,1-3H3. The zero-order chi connectivity index (χ0) is 13.8. The number of carbonyl (C=O) groups excluding carboxylic acids is 1. The molecule has 3 nitrogen and oxygen atoms in total. The van der Waals surface area contributed by atoms with Crippen LogP contribution in [0.5, 0.6) is 0 Å². The molecule has 2 rings (SSSR count). The van der Waals surface area contributed by atoms with Gasteiger partial charge in [0.05, 0.1) is 12.1 Å². The van der Waals surface area contributed by atoms with Gasteiger partial charge in [0, 0.05) is 11.4 Å². The van der Waals surface area contributed by atoms with Crippen molar-refractivity contribution in [3.63, 3.8) is 0 Å². The lowest BCUT2D eigenvalue weighted by Crippen LogP contribution is -2.36. The molecule has 102 valence electrons. The van der Waals surface area contributed by atoms with Crippen molar-refractivity contribution in [2.45, 2.75) is 33.2 Å². The van der Waals surface area contributed by atoms with Gasteiger partial charge in [0.15, 0.2) is 5.78 Å². The first kappa shape index (κ1) is 13.8. The van der Waals surface area contributed by atoms with Gasteiger partial charge in [-0.25, -0.2) is 0 Å². The minimum absolute atomic E-state index is 0.132. The van der Waals surface area contributed by atoms with E-state index in [9.17, 15) is 4.79 Å². The highest BCUT2D eigenvalue weighted by Crippen LogP contribution is 2.21. The average molecular weight is 259 g/mol. The summed E-state index contributed by atoms with van der Waals surface area (Å²) in [5, 5.41) is 0.910. The third-order valence-corrected chi connectivity index (χ3v) is 3.37. The van der Waals surface area contributed by atoms with Crippen molar-refractivity contribution in [1.29, 1.82) is 0 Å². The van der Waals surface area contributed by atoms with Crippen LogP contribution >= 0.6 is 0 Å². The Bertz CT molecular complexity index is 557. The molecule has 2 aromatic rings. The van der Waals surface area contributed by atoms with Crippen molar-refractivity contribution >= 4 is 16.8 Å². The number of Topliss-reactive ketones (excluding diaryl/α,β-unsaturated/α-hetero) is 1. The Balaban J connectivity index is 2.19. The number of para-hydroxylation sites is 1.